The molecule has 0 bridgehead atoms. The number of hydrogen-bond donors (Lipinski definition) is 1. The van der Waals surface area contributed by atoms with Gasteiger partial charge in [-0.1, -0.05) is 0 Å². The molecule has 3 rings (SSSR count). The number of nitrogens with zero attached hydrogens (tertiary/aromatic N) is 3. The van der Waals surface area contributed by atoms with Gasteiger partial charge in [0.2, 0.25) is 0 Å². The number of nitrogen functional groups attached to an aromatic ring is 1. The van der Waals surface area contributed by atoms with Crippen LogP contribution in [0.4, 0.5) is 5.69 Å². The standard InChI is InChI=1S/C12H12N4S/c1-8-15-11-4-9(13)2-3-12(11)16(8)5-10-6-17-7-14-10/h2-4,6-7H,5,13H2,1H3. The van der Waals surface area contributed by atoms with Crippen molar-refractivity contribution in [1.82, 2.24) is 14.5 Å². The highest BCUT2D eigenvalue weighted by atomic mass is 32.1. The minimum Gasteiger partial charge on any atom is -0.399 e. The monoisotopic (exact) mass is 244 g/mol. The number of aryl methyl sites for hydroxylation is 1. The smallest absolute Gasteiger partial charge is 0.107 e. The molecule has 0 aliphatic heterocycles. The van der Waals surface area contributed by atoms with E-state index in [1.165, 1.54) is 0 Å². The average molecular weight is 244 g/mol. The topological polar surface area (TPSA) is 56.7 Å². The Morgan fingerprint density at radius 1 is 1.41 bits per heavy atom. The van der Waals surface area contributed by atoms with Gasteiger partial charge >= 0.3 is 0 Å². The fraction of sp³-hybridized carbons (Fsp3) is 0.167. The predicted octanol–water partition coefficient (Wildman–Crippen LogP) is 2.43. The third kappa shape index (κ3) is 1.78. The molecule has 86 valence electrons. The molecule has 0 saturated heterocycles. The summed E-state index contributed by atoms with van der Waals surface area (Å²) in [5, 5.41) is 2.06. The lowest BCUT2D eigenvalue weighted by molar-refractivity contribution is 0.769. The summed E-state index contributed by atoms with van der Waals surface area (Å²) in [6.45, 7) is 2.76. The van der Waals surface area contributed by atoms with E-state index in [0.29, 0.717) is 0 Å². The molecule has 2 heterocycles. The van der Waals surface area contributed by atoms with Crippen molar-refractivity contribution in [2.75, 3.05) is 5.73 Å². The molecule has 0 spiro atoms. The number of imidazole rings is 1. The third-order valence-electron chi connectivity index (χ3n) is 2.77. The van der Waals surface area contributed by atoms with Crippen LogP contribution in [0.15, 0.2) is 29.1 Å². The number of thiazole rings is 1. The molecule has 0 aliphatic carbocycles. The van der Waals surface area contributed by atoms with E-state index in [-0.39, 0.29) is 0 Å². The molecule has 2 aromatic heterocycles. The lowest BCUT2D eigenvalue weighted by atomic mass is 10.3. The maximum absolute atomic E-state index is 5.76. The maximum Gasteiger partial charge on any atom is 0.107 e. The Balaban J connectivity index is 2.12. The van der Waals surface area contributed by atoms with E-state index in [1.54, 1.807) is 11.3 Å². The molecule has 0 unspecified atom stereocenters. The number of benzene rings is 1. The second kappa shape index (κ2) is 3.85. The van der Waals surface area contributed by atoms with Crippen LogP contribution in [0.5, 0.6) is 0 Å². The van der Waals surface area contributed by atoms with Crippen molar-refractivity contribution in [2.24, 2.45) is 0 Å². The molecule has 0 atom stereocenters. The SMILES string of the molecule is Cc1nc2cc(N)ccc2n1Cc1cscn1. The highest BCUT2D eigenvalue weighted by Gasteiger charge is 2.08. The fourth-order valence-electron chi connectivity index (χ4n) is 1.94. The summed E-state index contributed by atoms with van der Waals surface area (Å²) in [7, 11) is 0. The Bertz CT molecular complexity index is 655. The first-order chi connectivity index (χ1) is 8.24. The van der Waals surface area contributed by atoms with Gasteiger partial charge in [0.15, 0.2) is 0 Å². The maximum atomic E-state index is 5.76. The lowest BCUT2D eigenvalue weighted by Crippen LogP contribution is -2.02. The molecular formula is C12H12N4S. The summed E-state index contributed by atoms with van der Waals surface area (Å²) >= 11 is 1.61. The number of anilines is 1. The number of fused-ring (bicyclic) bond motifs is 1. The molecule has 17 heavy (non-hydrogen) atoms. The van der Waals surface area contributed by atoms with Crippen LogP contribution < -0.4 is 5.73 Å². The first-order valence-electron chi connectivity index (χ1n) is 5.33. The summed E-state index contributed by atoms with van der Waals surface area (Å²) in [6, 6.07) is 5.82. The van der Waals surface area contributed by atoms with Crippen LogP contribution in [0.25, 0.3) is 11.0 Å². The number of nitrogens with two attached hydrogens (primary N) is 1. The summed E-state index contributed by atoms with van der Waals surface area (Å²) in [4.78, 5) is 8.81. The minimum atomic E-state index is 0.746. The molecule has 0 amide bonds. The Morgan fingerprint density at radius 3 is 3.06 bits per heavy atom. The second-order valence-electron chi connectivity index (χ2n) is 3.97. The van der Waals surface area contributed by atoms with Crippen LogP contribution in [0.1, 0.15) is 11.5 Å². The van der Waals surface area contributed by atoms with E-state index in [4.69, 9.17) is 5.73 Å². The molecule has 0 saturated carbocycles. The minimum absolute atomic E-state index is 0.746. The van der Waals surface area contributed by atoms with Gasteiger partial charge in [-0.05, 0) is 25.1 Å². The quantitative estimate of drug-likeness (QED) is 0.704. The first kappa shape index (κ1) is 10.3. The van der Waals surface area contributed by atoms with Crippen LogP contribution in [-0.2, 0) is 6.54 Å². The summed E-state index contributed by atoms with van der Waals surface area (Å²) in [6.07, 6.45) is 0. The number of aromatic nitrogens is 3. The van der Waals surface area contributed by atoms with Crippen molar-refractivity contribution in [3.8, 4) is 0 Å². The molecular weight excluding hydrogens is 232 g/mol. The first-order valence-corrected chi connectivity index (χ1v) is 6.28. The van der Waals surface area contributed by atoms with Gasteiger partial charge in [0.1, 0.15) is 5.82 Å². The van der Waals surface area contributed by atoms with E-state index >= 15 is 0 Å². The van der Waals surface area contributed by atoms with Gasteiger partial charge in [0, 0.05) is 11.1 Å². The lowest BCUT2D eigenvalue weighted by Gasteiger charge is -2.04. The predicted molar refractivity (Wildman–Crippen MR) is 70.1 cm³/mol. The van der Waals surface area contributed by atoms with Gasteiger partial charge in [-0.3, -0.25) is 0 Å². The van der Waals surface area contributed by atoms with Crippen molar-refractivity contribution < 1.29 is 0 Å². The van der Waals surface area contributed by atoms with Crippen molar-refractivity contribution in [1.29, 1.82) is 0 Å². The van der Waals surface area contributed by atoms with Gasteiger partial charge in [-0.2, -0.15) is 0 Å². The van der Waals surface area contributed by atoms with Crippen LogP contribution in [-0.4, -0.2) is 14.5 Å². The largest absolute Gasteiger partial charge is 0.399 e. The van der Waals surface area contributed by atoms with E-state index in [2.05, 4.69) is 19.9 Å². The van der Waals surface area contributed by atoms with Gasteiger partial charge in [-0.25, -0.2) is 9.97 Å². The second-order valence-corrected chi connectivity index (χ2v) is 4.69. The Morgan fingerprint density at radius 2 is 2.29 bits per heavy atom. The van der Waals surface area contributed by atoms with E-state index in [9.17, 15) is 0 Å². The molecule has 2 N–H and O–H groups in total. The molecule has 5 heteroatoms. The third-order valence-corrected chi connectivity index (χ3v) is 3.40. The zero-order valence-corrected chi connectivity index (χ0v) is 10.2. The van der Waals surface area contributed by atoms with Gasteiger partial charge in [0.25, 0.3) is 0 Å². The molecule has 3 aromatic rings. The summed E-state index contributed by atoms with van der Waals surface area (Å²) in [5.41, 5.74) is 11.5. The van der Waals surface area contributed by atoms with E-state index < -0.39 is 0 Å². The van der Waals surface area contributed by atoms with Crippen molar-refractivity contribution in [2.45, 2.75) is 13.5 Å². The Labute approximate surface area is 103 Å². The highest BCUT2D eigenvalue weighted by Crippen LogP contribution is 2.20. The molecule has 0 radical (unpaired) electrons. The highest BCUT2D eigenvalue weighted by molar-refractivity contribution is 7.07. The van der Waals surface area contributed by atoms with Gasteiger partial charge in [-0.15, -0.1) is 11.3 Å². The Kier molecular flexibility index (Phi) is 2.33. The molecule has 1 aromatic carbocycles. The van der Waals surface area contributed by atoms with Gasteiger partial charge < -0.3 is 10.3 Å². The van der Waals surface area contributed by atoms with E-state index in [1.807, 2.05) is 30.6 Å². The number of hydrogen-bond acceptors (Lipinski definition) is 4. The van der Waals surface area contributed by atoms with E-state index in [0.717, 1.165) is 34.8 Å². The van der Waals surface area contributed by atoms with Crippen molar-refractivity contribution in [3.63, 3.8) is 0 Å². The zero-order chi connectivity index (χ0) is 11.8. The molecule has 4 nitrogen and oxygen atoms in total. The Hall–Kier alpha value is -1.88. The van der Waals surface area contributed by atoms with Crippen LogP contribution in [0.3, 0.4) is 0 Å². The molecule has 0 fully saturated rings. The van der Waals surface area contributed by atoms with Crippen LogP contribution in [0, 0.1) is 6.92 Å². The van der Waals surface area contributed by atoms with Crippen molar-refractivity contribution >= 4 is 28.1 Å². The normalized spacial score (nSPS) is 11.1. The number of rotatable bonds is 2. The van der Waals surface area contributed by atoms with Crippen LogP contribution >= 0.6 is 11.3 Å². The van der Waals surface area contributed by atoms with Crippen LogP contribution in [0.2, 0.25) is 0 Å². The summed E-state index contributed by atoms with van der Waals surface area (Å²) in [5.74, 6) is 0.985. The zero-order valence-electron chi connectivity index (χ0n) is 9.42. The average Bonchev–Trinajstić information content (AvgIpc) is 2.88. The van der Waals surface area contributed by atoms with Gasteiger partial charge in [0.05, 0.1) is 28.8 Å². The fourth-order valence-corrected chi connectivity index (χ4v) is 2.49. The summed E-state index contributed by atoms with van der Waals surface area (Å²) < 4.78 is 2.16. The van der Waals surface area contributed by atoms with Crippen molar-refractivity contribution in [3.05, 3.63) is 40.6 Å². The molecule has 0 aliphatic rings.